The van der Waals surface area contributed by atoms with Crippen molar-refractivity contribution in [2.45, 2.75) is 116 Å². The van der Waals surface area contributed by atoms with Gasteiger partial charge in [-0.05, 0) is 118 Å². The molecule has 2 aliphatic heterocycles. The van der Waals surface area contributed by atoms with Crippen LogP contribution in [-0.4, -0.2) is 71.1 Å². The van der Waals surface area contributed by atoms with Gasteiger partial charge in [0.25, 0.3) is 0 Å². The van der Waals surface area contributed by atoms with Crippen molar-refractivity contribution < 1.29 is 13.9 Å². The number of nitrogens with one attached hydrogen (secondary N) is 2. The van der Waals surface area contributed by atoms with Gasteiger partial charge < -0.3 is 20.6 Å². The van der Waals surface area contributed by atoms with Crippen molar-refractivity contribution in [3.05, 3.63) is 34.6 Å². The van der Waals surface area contributed by atoms with E-state index in [1.54, 1.807) is 0 Å². The number of nitrogens with zero attached hydrogens (tertiary/aromatic N) is 1. The van der Waals surface area contributed by atoms with Crippen molar-refractivity contribution >= 4 is 22.6 Å². The smallest absolute Gasteiger partial charge is 0.128 e. The zero-order valence-corrected chi connectivity index (χ0v) is 27.7. The van der Waals surface area contributed by atoms with Crippen molar-refractivity contribution in [1.29, 1.82) is 0 Å². The summed E-state index contributed by atoms with van der Waals surface area (Å²) >= 11 is 2.48. The van der Waals surface area contributed by atoms with Gasteiger partial charge in [-0.1, -0.05) is 48.6 Å². The van der Waals surface area contributed by atoms with E-state index in [4.69, 9.17) is 0 Å². The maximum atomic E-state index is 14.9. The number of alkyl halides is 3. The van der Waals surface area contributed by atoms with Crippen molar-refractivity contribution in [2.75, 3.05) is 30.6 Å². The molecule has 3 aliphatic carbocycles. The summed E-state index contributed by atoms with van der Waals surface area (Å²) in [5.74, 6) is 2.55. The molecule has 1 saturated carbocycles. The molecule has 0 radical (unpaired) electrons. The molecular weight excluding hydrogens is 631 g/mol. The SMILES string of the molecule is CCC1NC(CCNC2CCN(C[C@@H]3C[C@H](C4CC4)C(C4=CC[C@H](F)C[C@@H]4F)=CC3C)CC2)=C(CI)C[C@@H]1[C@H](C)O. The van der Waals surface area contributed by atoms with Crippen LogP contribution in [0.5, 0.6) is 0 Å². The maximum Gasteiger partial charge on any atom is 0.128 e. The topological polar surface area (TPSA) is 47.5 Å². The van der Waals surface area contributed by atoms with E-state index in [0.717, 1.165) is 61.9 Å². The monoisotopic (exact) mass is 685 g/mol. The number of hydrogen-bond acceptors (Lipinski definition) is 4. The summed E-state index contributed by atoms with van der Waals surface area (Å²) in [6, 6.07) is 0.951. The van der Waals surface area contributed by atoms with Crippen LogP contribution in [-0.2, 0) is 0 Å². The molecule has 0 bridgehead atoms. The lowest BCUT2D eigenvalue weighted by molar-refractivity contribution is 0.0953. The minimum atomic E-state index is -1.13. The van der Waals surface area contributed by atoms with E-state index in [-0.39, 0.29) is 12.5 Å². The third kappa shape index (κ3) is 7.96. The number of aliphatic hydroxyl groups is 1. The van der Waals surface area contributed by atoms with Gasteiger partial charge in [0, 0.05) is 47.6 Å². The summed E-state index contributed by atoms with van der Waals surface area (Å²) in [4.78, 5) is 2.68. The van der Waals surface area contributed by atoms with E-state index < -0.39 is 12.3 Å². The first-order chi connectivity index (χ1) is 19.8. The second kappa shape index (κ2) is 14.5. The molecule has 4 nitrogen and oxygen atoms in total. The summed E-state index contributed by atoms with van der Waals surface area (Å²) < 4.78 is 29.7. The predicted octanol–water partition coefficient (Wildman–Crippen LogP) is 6.89. The minimum absolute atomic E-state index is 0.0393. The van der Waals surface area contributed by atoms with Crippen molar-refractivity contribution in [3.63, 3.8) is 0 Å². The molecule has 8 atom stereocenters. The Hall–Kier alpha value is -0.510. The van der Waals surface area contributed by atoms with E-state index in [0.29, 0.717) is 48.1 Å². The van der Waals surface area contributed by atoms with Gasteiger partial charge in [-0.25, -0.2) is 8.78 Å². The molecule has 5 rings (SSSR count). The fourth-order valence-corrected chi connectivity index (χ4v) is 8.94. The fourth-order valence-electron chi connectivity index (χ4n) is 8.17. The molecule has 7 heteroatoms. The fraction of sp³-hybridized carbons (Fsp3) is 0.824. The predicted molar refractivity (Wildman–Crippen MR) is 174 cm³/mol. The maximum absolute atomic E-state index is 14.9. The Morgan fingerprint density at radius 1 is 1.15 bits per heavy atom. The van der Waals surface area contributed by atoms with Gasteiger partial charge in [0.15, 0.2) is 0 Å². The van der Waals surface area contributed by atoms with Gasteiger partial charge in [0.05, 0.1) is 6.10 Å². The van der Waals surface area contributed by atoms with Gasteiger partial charge in [0.2, 0.25) is 0 Å². The van der Waals surface area contributed by atoms with Crippen LogP contribution in [0.15, 0.2) is 34.6 Å². The first kappa shape index (κ1) is 31.9. The Labute approximate surface area is 261 Å². The third-order valence-corrected chi connectivity index (χ3v) is 11.9. The van der Waals surface area contributed by atoms with E-state index in [2.05, 4.69) is 58.0 Å². The lowest BCUT2D eigenvalue weighted by Gasteiger charge is -2.41. The summed E-state index contributed by atoms with van der Waals surface area (Å²) in [5.41, 5.74) is 4.95. The van der Waals surface area contributed by atoms with E-state index >= 15 is 0 Å². The highest BCUT2D eigenvalue weighted by Gasteiger charge is 2.42. The number of hydrogen-bond donors (Lipinski definition) is 3. The molecule has 0 spiro atoms. The number of aliphatic hydroxyl groups excluding tert-OH is 1. The summed E-state index contributed by atoms with van der Waals surface area (Å²) in [6.07, 6.45) is 11.4. The molecule has 41 heavy (non-hydrogen) atoms. The molecule has 0 aromatic rings. The largest absolute Gasteiger partial charge is 0.393 e. The van der Waals surface area contributed by atoms with Gasteiger partial charge in [-0.2, -0.15) is 0 Å². The molecule has 0 aromatic heterocycles. The molecule has 232 valence electrons. The Morgan fingerprint density at radius 3 is 2.54 bits per heavy atom. The summed E-state index contributed by atoms with van der Waals surface area (Å²) in [6.45, 7) is 10.9. The van der Waals surface area contributed by atoms with E-state index in [9.17, 15) is 13.9 Å². The molecular formula is C34H54F2IN3O. The Bertz CT molecular complexity index is 971. The average Bonchev–Trinajstić information content (AvgIpc) is 3.80. The Balaban J connectivity index is 1.09. The minimum Gasteiger partial charge on any atom is -0.393 e. The third-order valence-electron chi connectivity index (χ3n) is 11.0. The summed E-state index contributed by atoms with van der Waals surface area (Å²) in [7, 11) is 0. The van der Waals surface area contributed by atoms with Gasteiger partial charge >= 0.3 is 0 Å². The van der Waals surface area contributed by atoms with Crippen molar-refractivity contribution in [3.8, 4) is 0 Å². The van der Waals surface area contributed by atoms with Crippen LogP contribution in [0.25, 0.3) is 0 Å². The number of likely N-dealkylation sites (tertiary alicyclic amines) is 1. The lowest BCUT2D eigenvalue weighted by atomic mass is 9.69. The number of rotatable bonds is 11. The highest BCUT2D eigenvalue weighted by molar-refractivity contribution is 14.1. The van der Waals surface area contributed by atoms with Crippen LogP contribution in [0.3, 0.4) is 0 Å². The van der Waals surface area contributed by atoms with Gasteiger partial charge in [-0.15, -0.1) is 0 Å². The lowest BCUT2D eigenvalue weighted by Crippen LogP contribution is -2.47. The molecule has 1 saturated heterocycles. The Morgan fingerprint density at radius 2 is 1.90 bits per heavy atom. The highest BCUT2D eigenvalue weighted by Crippen LogP contribution is 2.51. The zero-order valence-electron chi connectivity index (χ0n) is 25.6. The summed E-state index contributed by atoms with van der Waals surface area (Å²) in [5, 5.41) is 17.9. The second-order valence-electron chi connectivity index (χ2n) is 13.9. The van der Waals surface area contributed by atoms with Crippen LogP contribution >= 0.6 is 22.6 Å². The first-order valence-corrected chi connectivity index (χ1v) is 18.2. The molecule has 0 aromatic carbocycles. The van der Waals surface area contributed by atoms with Crippen molar-refractivity contribution in [2.24, 2.45) is 29.6 Å². The average molecular weight is 686 g/mol. The van der Waals surface area contributed by atoms with Crippen LogP contribution in [0.1, 0.15) is 85.0 Å². The number of allylic oxidation sites excluding steroid dienone is 5. The van der Waals surface area contributed by atoms with Crippen LogP contribution in [0.4, 0.5) is 8.78 Å². The quantitative estimate of drug-likeness (QED) is 0.164. The Kier molecular flexibility index (Phi) is 11.3. The number of piperidine rings is 1. The van der Waals surface area contributed by atoms with E-state index in [1.807, 2.05) is 13.0 Å². The molecule has 0 amide bonds. The number of halogens is 3. The van der Waals surface area contributed by atoms with Crippen molar-refractivity contribution in [1.82, 2.24) is 15.5 Å². The first-order valence-electron chi connectivity index (χ1n) is 16.6. The van der Waals surface area contributed by atoms with Gasteiger partial charge in [-0.3, -0.25) is 0 Å². The molecule has 3 N–H and O–H groups in total. The molecule has 2 unspecified atom stereocenters. The molecule has 5 aliphatic rings. The standard InChI is InChI=1S/C34H54F2IN3O/c1-4-33-29(22(3)41)16-24(19-37)34(39-33)9-12-38-27-10-13-40(14-11-27)20-25-17-30(23-5-6-23)31(15-21(25)2)28-8-7-26(35)18-32(28)36/h8,15,21-23,25-27,29-30,32-33,38-39,41H,4-7,9-14,16-20H2,1-3H3/t21?,22-,25-,26-,29+,30+,32-,33?/m0/s1. The van der Waals surface area contributed by atoms with Crippen LogP contribution in [0, 0.1) is 29.6 Å². The van der Waals surface area contributed by atoms with Gasteiger partial charge in [0.1, 0.15) is 12.3 Å². The zero-order chi connectivity index (χ0) is 29.1. The second-order valence-corrected chi connectivity index (χ2v) is 14.6. The molecule has 2 heterocycles. The van der Waals surface area contributed by atoms with Crippen LogP contribution < -0.4 is 10.6 Å². The highest BCUT2D eigenvalue weighted by atomic mass is 127. The normalized spacial score (nSPS) is 36.5. The van der Waals surface area contributed by atoms with Crippen LogP contribution in [0.2, 0.25) is 0 Å². The molecule has 2 fully saturated rings. The van der Waals surface area contributed by atoms with E-state index in [1.165, 1.54) is 42.5 Å².